The Morgan fingerprint density at radius 2 is 1.89 bits per heavy atom. The van der Waals surface area contributed by atoms with E-state index in [4.69, 9.17) is 0 Å². The van der Waals surface area contributed by atoms with E-state index in [-0.39, 0.29) is 6.61 Å². The van der Waals surface area contributed by atoms with E-state index in [0.717, 1.165) is 19.4 Å². The zero-order valence-electron chi connectivity index (χ0n) is 11.8. The average Bonchev–Trinajstić information content (AvgIpc) is 2.54. The summed E-state index contributed by atoms with van der Waals surface area (Å²) in [5.41, 5.74) is 0. The molecule has 1 rings (SSSR count). The maximum absolute atomic E-state index is 11.9. The van der Waals surface area contributed by atoms with Gasteiger partial charge in [0.25, 0.3) is 0 Å². The minimum atomic E-state index is -4.20. The number of nitrogens with one attached hydrogen (secondary N) is 1. The van der Waals surface area contributed by atoms with Gasteiger partial charge in [0.2, 0.25) is 0 Å². The number of rotatable bonds is 7. The molecule has 2 nitrogen and oxygen atoms in total. The van der Waals surface area contributed by atoms with E-state index in [1.807, 2.05) is 0 Å². The van der Waals surface area contributed by atoms with Gasteiger partial charge < -0.3 is 10.1 Å². The third kappa shape index (κ3) is 7.78. The molecule has 0 aliphatic heterocycles. The van der Waals surface area contributed by atoms with Crippen LogP contribution in [0.15, 0.2) is 0 Å². The van der Waals surface area contributed by atoms with Gasteiger partial charge in [-0.3, -0.25) is 0 Å². The Balaban J connectivity index is 2.20. The Hall–Kier alpha value is -0.290. The summed E-state index contributed by atoms with van der Waals surface area (Å²) < 4.78 is 40.4. The second-order valence-electron chi connectivity index (χ2n) is 5.37. The van der Waals surface area contributed by atoms with Gasteiger partial charge in [-0.25, -0.2) is 0 Å². The lowest BCUT2D eigenvalue weighted by atomic mass is 9.90. The maximum Gasteiger partial charge on any atom is 0.411 e. The molecule has 1 saturated carbocycles. The number of hydrogen-bond donors (Lipinski definition) is 1. The van der Waals surface area contributed by atoms with Crippen LogP contribution in [0.4, 0.5) is 13.2 Å². The molecule has 1 N–H and O–H groups in total. The van der Waals surface area contributed by atoms with Crippen LogP contribution in [0, 0.1) is 5.92 Å². The van der Waals surface area contributed by atoms with Gasteiger partial charge in [0.15, 0.2) is 0 Å². The van der Waals surface area contributed by atoms with Gasteiger partial charge in [0, 0.05) is 12.6 Å². The molecule has 0 aromatic carbocycles. The molecule has 2 unspecified atom stereocenters. The van der Waals surface area contributed by atoms with E-state index in [1.54, 1.807) is 0 Å². The van der Waals surface area contributed by atoms with Crippen molar-refractivity contribution in [2.45, 2.75) is 64.1 Å². The van der Waals surface area contributed by atoms with E-state index in [1.165, 1.54) is 32.1 Å². The summed E-state index contributed by atoms with van der Waals surface area (Å²) in [6, 6.07) is 0.537. The van der Waals surface area contributed by atoms with Gasteiger partial charge >= 0.3 is 6.18 Å². The lowest BCUT2D eigenvalue weighted by Gasteiger charge is -2.26. The molecule has 0 bridgehead atoms. The molecule has 0 heterocycles. The first-order chi connectivity index (χ1) is 9.03. The van der Waals surface area contributed by atoms with E-state index in [0.29, 0.717) is 12.0 Å². The van der Waals surface area contributed by atoms with Crippen molar-refractivity contribution in [2.75, 3.05) is 19.8 Å². The fourth-order valence-corrected chi connectivity index (χ4v) is 2.90. The highest BCUT2D eigenvalue weighted by molar-refractivity contribution is 4.79. The lowest BCUT2D eigenvalue weighted by molar-refractivity contribution is -0.174. The fraction of sp³-hybridized carbons (Fsp3) is 1.00. The van der Waals surface area contributed by atoms with Crippen molar-refractivity contribution in [2.24, 2.45) is 5.92 Å². The molecule has 114 valence electrons. The van der Waals surface area contributed by atoms with E-state index < -0.39 is 12.8 Å². The van der Waals surface area contributed by atoms with Crippen LogP contribution in [0.3, 0.4) is 0 Å². The number of ether oxygens (including phenoxy) is 1. The Bertz CT molecular complexity index is 233. The molecule has 1 fully saturated rings. The predicted octanol–water partition coefficient (Wildman–Crippen LogP) is 3.90. The van der Waals surface area contributed by atoms with Crippen LogP contribution in [0.2, 0.25) is 0 Å². The zero-order valence-corrected chi connectivity index (χ0v) is 11.8. The summed E-state index contributed by atoms with van der Waals surface area (Å²) in [4.78, 5) is 0. The highest BCUT2D eigenvalue weighted by Crippen LogP contribution is 2.27. The quantitative estimate of drug-likeness (QED) is 0.564. The topological polar surface area (TPSA) is 21.3 Å². The first-order valence-electron chi connectivity index (χ1n) is 7.41. The minimum Gasteiger partial charge on any atom is -0.372 e. The third-order valence-corrected chi connectivity index (χ3v) is 3.75. The van der Waals surface area contributed by atoms with E-state index in [2.05, 4.69) is 17.0 Å². The van der Waals surface area contributed by atoms with Crippen molar-refractivity contribution in [1.82, 2.24) is 5.32 Å². The molecule has 0 aromatic rings. The van der Waals surface area contributed by atoms with Crippen molar-refractivity contribution in [3.05, 3.63) is 0 Å². The number of alkyl halides is 3. The summed E-state index contributed by atoms with van der Waals surface area (Å²) in [6.45, 7) is 2.17. The van der Waals surface area contributed by atoms with Crippen LogP contribution in [0.25, 0.3) is 0 Å². The molecule has 2 atom stereocenters. The molecule has 0 aromatic heterocycles. The van der Waals surface area contributed by atoms with Gasteiger partial charge in [-0.05, 0) is 38.1 Å². The lowest BCUT2D eigenvalue weighted by Crippen LogP contribution is -2.35. The normalized spacial score (nSPS) is 25.3. The van der Waals surface area contributed by atoms with Gasteiger partial charge in [-0.1, -0.05) is 26.2 Å². The van der Waals surface area contributed by atoms with Crippen molar-refractivity contribution < 1.29 is 17.9 Å². The van der Waals surface area contributed by atoms with Gasteiger partial charge in [-0.15, -0.1) is 0 Å². The van der Waals surface area contributed by atoms with Crippen LogP contribution in [0.5, 0.6) is 0 Å². The SMILES string of the molecule is CCNC1CCCCCC1CCCOCC(F)(F)F. The maximum atomic E-state index is 11.9. The van der Waals surface area contributed by atoms with Crippen LogP contribution >= 0.6 is 0 Å². The predicted molar refractivity (Wildman–Crippen MR) is 70.1 cm³/mol. The smallest absolute Gasteiger partial charge is 0.372 e. The van der Waals surface area contributed by atoms with Crippen LogP contribution in [0.1, 0.15) is 51.9 Å². The Morgan fingerprint density at radius 3 is 2.58 bits per heavy atom. The first-order valence-corrected chi connectivity index (χ1v) is 7.41. The molecule has 1 aliphatic rings. The summed E-state index contributed by atoms with van der Waals surface area (Å²) in [5.74, 6) is 0.594. The first kappa shape index (κ1) is 16.8. The summed E-state index contributed by atoms with van der Waals surface area (Å²) in [7, 11) is 0. The summed E-state index contributed by atoms with van der Waals surface area (Å²) >= 11 is 0. The summed E-state index contributed by atoms with van der Waals surface area (Å²) in [6.07, 6.45) is 3.67. The van der Waals surface area contributed by atoms with Crippen molar-refractivity contribution in [3.63, 3.8) is 0 Å². The molecular weight excluding hydrogens is 255 g/mol. The van der Waals surface area contributed by atoms with Crippen molar-refractivity contribution >= 4 is 0 Å². The van der Waals surface area contributed by atoms with Gasteiger partial charge in [0.1, 0.15) is 6.61 Å². The Labute approximate surface area is 114 Å². The monoisotopic (exact) mass is 281 g/mol. The second kappa shape index (κ2) is 8.80. The molecule has 0 amide bonds. The average molecular weight is 281 g/mol. The van der Waals surface area contributed by atoms with Crippen LogP contribution < -0.4 is 5.32 Å². The van der Waals surface area contributed by atoms with Gasteiger partial charge in [-0.2, -0.15) is 13.2 Å². The molecule has 19 heavy (non-hydrogen) atoms. The van der Waals surface area contributed by atoms with Crippen molar-refractivity contribution in [3.8, 4) is 0 Å². The van der Waals surface area contributed by atoms with Crippen molar-refractivity contribution in [1.29, 1.82) is 0 Å². The van der Waals surface area contributed by atoms with Crippen LogP contribution in [-0.2, 0) is 4.74 Å². The Morgan fingerprint density at radius 1 is 1.16 bits per heavy atom. The molecule has 0 saturated heterocycles. The highest BCUT2D eigenvalue weighted by Gasteiger charge is 2.27. The van der Waals surface area contributed by atoms with Crippen LogP contribution in [-0.4, -0.2) is 32.0 Å². The van der Waals surface area contributed by atoms with E-state index in [9.17, 15) is 13.2 Å². The van der Waals surface area contributed by atoms with Gasteiger partial charge in [0.05, 0.1) is 0 Å². The second-order valence-corrected chi connectivity index (χ2v) is 5.37. The molecule has 5 heteroatoms. The number of hydrogen-bond acceptors (Lipinski definition) is 2. The largest absolute Gasteiger partial charge is 0.411 e. The minimum absolute atomic E-state index is 0.217. The third-order valence-electron chi connectivity index (χ3n) is 3.75. The highest BCUT2D eigenvalue weighted by atomic mass is 19.4. The Kier molecular flexibility index (Phi) is 7.76. The summed E-state index contributed by atoms with van der Waals surface area (Å²) in [5, 5.41) is 3.52. The zero-order chi connectivity index (χ0) is 14.1. The standard InChI is InChI=1S/C14H26F3NO/c1-2-18-13-9-5-3-4-7-12(13)8-6-10-19-11-14(15,16)17/h12-13,18H,2-11H2,1H3. The molecule has 0 spiro atoms. The molecular formula is C14H26F3NO. The molecule has 0 radical (unpaired) electrons. The fourth-order valence-electron chi connectivity index (χ4n) is 2.90. The molecule has 1 aliphatic carbocycles. The van der Waals surface area contributed by atoms with E-state index >= 15 is 0 Å². The number of halogens is 3.